The average molecular weight is 371 g/mol. The van der Waals surface area contributed by atoms with Gasteiger partial charge >= 0.3 is 0 Å². The van der Waals surface area contributed by atoms with Gasteiger partial charge in [0.1, 0.15) is 4.60 Å². The van der Waals surface area contributed by atoms with Crippen LogP contribution in [0.5, 0.6) is 0 Å². The predicted octanol–water partition coefficient (Wildman–Crippen LogP) is 4.83. The number of anilines is 1. The number of pyridine rings is 1. The van der Waals surface area contributed by atoms with Gasteiger partial charge in [-0.1, -0.05) is 20.8 Å². The van der Waals surface area contributed by atoms with Crippen LogP contribution in [-0.2, 0) is 4.43 Å². The van der Waals surface area contributed by atoms with E-state index in [1.54, 1.807) is 0 Å². The number of piperidine rings is 1. The van der Waals surface area contributed by atoms with Crippen LogP contribution in [0.15, 0.2) is 22.9 Å². The highest BCUT2D eigenvalue weighted by molar-refractivity contribution is 9.10. The van der Waals surface area contributed by atoms with Crippen molar-refractivity contribution in [2.45, 2.75) is 57.8 Å². The van der Waals surface area contributed by atoms with Gasteiger partial charge in [0.15, 0.2) is 8.32 Å². The number of halogens is 1. The van der Waals surface area contributed by atoms with Gasteiger partial charge in [0, 0.05) is 25.0 Å². The van der Waals surface area contributed by atoms with Gasteiger partial charge < -0.3 is 9.33 Å². The fourth-order valence-corrected chi connectivity index (χ4v) is 4.18. The highest BCUT2D eigenvalue weighted by Crippen LogP contribution is 2.38. The van der Waals surface area contributed by atoms with E-state index < -0.39 is 8.32 Å². The molecular weight excluding hydrogens is 344 g/mol. The molecule has 2 rings (SSSR count). The van der Waals surface area contributed by atoms with Crippen molar-refractivity contribution in [3.05, 3.63) is 22.9 Å². The van der Waals surface area contributed by atoms with Crippen LogP contribution in [0.1, 0.15) is 33.6 Å². The number of hydrogen-bond acceptors (Lipinski definition) is 3. The van der Waals surface area contributed by atoms with Crippen LogP contribution >= 0.6 is 15.9 Å². The lowest BCUT2D eigenvalue weighted by molar-refractivity contribution is 0.160. The molecule has 118 valence electrons. The van der Waals surface area contributed by atoms with Crippen molar-refractivity contribution in [3.8, 4) is 0 Å². The number of aromatic nitrogens is 1. The molecule has 0 N–H and O–H groups in total. The lowest BCUT2D eigenvalue weighted by Crippen LogP contribution is -2.49. The van der Waals surface area contributed by atoms with Gasteiger partial charge in [-0.25, -0.2) is 4.98 Å². The van der Waals surface area contributed by atoms with Crippen LogP contribution in [0.4, 0.5) is 5.69 Å². The summed E-state index contributed by atoms with van der Waals surface area (Å²) in [5.41, 5.74) is 1.24. The molecule has 0 aliphatic carbocycles. The van der Waals surface area contributed by atoms with Gasteiger partial charge in [0.25, 0.3) is 0 Å². The van der Waals surface area contributed by atoms with E-state index in [0.29, 0.717) is 6.10 Å². The number of rotatable bonds is 3. The van der Waals surface area contributed by atoms with E-state index in [1.165, 1.54) is 18.5 Å². The van der Waals surface area contributed by atoms with E-state index in [-0.39, 0.29) is 5.04 Å². The Labute approximate surface area is 138 Å². The summed E-state index contributed by atoms with van der Waals surface area (Å²) < 4.78 is 7.49. The molecule has 0 aromatic carbocycles. The zero-order chi connectivity index (χ0) is 15.7. The van der Waals surface area contributed by atoms with Crippen LogP contribution < -0.4 is 4.90 Å². The van der Waals surface area contributed by atoms with Gasteiger partial charge in [-0.3, -0.25) is 0 Å². The summed E-state index contributed by atoms with van der Waals surface area (Å²) in [7, 11) is -1.68. The lowest BCUT2D eigenvalue weighted by Gasteiger charge is -2.43. The van der Waals surface area contributed by atoms with Crippen molar-refractivity contribution in [1.29, 1.82) is 0 Å². The standard InChI is InChI=1S/C16H27BrN2OSi/c1-16(2,3)21(4,5)20-14-7-6-10-19(12-14)13-8-9-18-15(17)11-13/h8-9,11,14H,6-7,10,12H2,1-5H3/t14-/m1/s1. The molecule has 5 heteroatoms. The normalized spacial score (nSPS) is 20.7. The van der Waals surface area contributed by atoms with Crippen LogP contribution in [0, 0.1) is 0 Å². The second kappa shape index (κ2) is 6.38. The highest BCUT2D eigenvalue weighted by atomic mass is 79.9. The van der Waals surface area contributed by atoms with E-state index in [1.807, 2.05) is 6.20 Å². The molecule has 3 nitrogen and oxygen atoms in total. The first-order chi connectivity index (χ1) is 9.69. The van der Waals surface area contributed by atoms with Crippen LogP contribution in [-0.4, -0.2) is 32.5 Å². The Hall–Kier alpha value is -0.393. The molecule has 0 spiro atoms. The maximum atomic E-state index is 6.60. The lowest BCUT2D eigenvalue weighted by atomic mass is 10.1. The Morgan fingerprint density at radius 2 is 2.10 bits per heavy atom. The van der Waals surface area contributed by atoms with Gasteiger partial charge in [-0.15, -0.1) is 0 Å². The minimum atomic E-state index is -1.68. The average Bonchev–Trinajstić information content (AvgIpc) is 2.37. The molecule has 2 heterocycles. The third-order valence-electron chi connectivity index (χ3n) is 4.72. The zero-order valence-corrected chi connectivity index (χ0v) is 16.4. The van der Waals surface area contributed by atoms with Crippen molar-refractivity contribution in [1.82, 2.24) is 4.98 Å². The summed E-state index contributed by atoms with van der Waals surface area (Å²) in [5.74, 6) is 0. The van der Waals surface area contributed by atoms with Crippen LogP contribution in [0.2, 0.25) is 18.1 Å². The summed E-state index contributed by atoms with van der Waals surface area (Å²) >= 11 is 3.46. The summed E-state index contributed by atoms with van der Waals surface area (Å²) in [6.07, 6.45) is 4.58. The first kappa shape index (κ1) is 17.0. The second-order valence-electron chi connectivity index (χ2n) is 7.43. The Kier molecular flexibility index (Phi) is 5.16. The van der Waals surface area contributed by atoms with Crippen molar-refractivity contribution in [2.75, 3.05) is 18.0 Å². The summed E-state index contributed by atoms with van der Waals surface area (Å²) in [4.78, 5) is 6.64. The maximum absolute atomic E-state index is 6.60. The molecule has 1 aliphatic heterocycles. The molecular formula is C16H27BrN2OSi. The van der Waals surface area contributed by atoms with Gasteiger partial charge in [0.2, 0.25) is 0 Å². The fourth-order valence-electron chi connectivity index (χ4n) is 2.45. The van der Waals surface area contributed by atoms with Gasteiger partial charge in [-0.05, 0) is 59.0 Å². The minimum absolute atomic E-state index is 0.273. The zero-order valence-electron chi connectivity index (χ0n) is 13.8. The minimum Gasteiger partial charge on any atom is -0.412 e. The summed E-state index contributed by atoms with van der Waals surface area (Å²) in [6.45, 7) is 13.7. The highest BCUT2D eigenvalue weighted by Gasteiger charge is 2.39. The molecule has 0 radical (unpaired) electrons. The number of nitrogens with zero attached hydrogens (tertiary/aromatic N) is 2. The van der Waals surface area contributed by atoms with Crippen LogP contribution in [0.3, 0.4) is 0 Å². The van der Waals surface area contributed by atoms with Crippen molar-refractivity contribution in [3.63, 3.8) is 0 Å². The van der Waals surface area contributed by atoms with E-state index in [9.17, 15) is 0 Å². The third-order valence-corrected chi connectivity index (χ3v) is 9.69. The molecule has 1 aromatic heterocycles. The Morgan fingerprint density at radius 3 is 2.71 bits per heavy atom. The van der Waals surface area contributed by atoms with Gasteiger partial charge in [0.05, 0.1) is 6.10 Å². The molecule has 0 saturated carbocycles. The van der Waals surface area contributed by atoms with E-state index in [2.05, 4.69) is 71.8 Å². The Balaban J connectivity index is 2.05. The molecule has 0 amide bonds. The van der Waals surface area contributed by atoms with Crippen molar-refractivity contribution in [2.24, 2.45) is 0 Å². The van der Waals surface area contributed by atoms with E-state index in [4.69, 9.17) is 4.43 Å². The summed E-state index contributed by atoms with van der Waals surface area (Å²) in [5, 5.41) is 0.273. The molecule has 1 saturated heterocycles. The molecule has 0 unspecified atom stereocenters. The maximum Gasteiger partial charge on any atom is 0.192 e. The van der Waals surface area contributed by atoms with E-state index >= 15 is 0 Å². The Morgan fingerprint density at radius 1 is 1.38 bits per heavy atom. The van der Waals surface area contributed by atoms with E-state index in [0.717, 1.165) is 17.7 Å². The number of hydrogen-bond donors (Lipinski definition) is 0. The first-order valence-electron chi connectivity index (χ1n) is 7.73. The molecule has 1 fully saturated rings. The monoisotopic (exact) mass is 370 g/mol. The molecule has 1 aromatic rings. The quantitative estimate of drug-likeness (QED) is 0.562. The fraction of sp³-hybridized carbons (Fsp3) is 0.688. The van der Waals surface area contributed by atoms with Gasteiger partial charge in [-0.2, -0.15) is 0 Å². The second-order valence-corrected chi connectivity index (χ2v) is 13.0. The molecule has 21 heavy (non-hydrogen) atoms. The Bertz CT molecular complexity index is 487. The predicted molar refractivity (Wildman–Crippen MR) is 95.5 cm³/mol. The third kappa shape index (κ3) is 4.30. The molecule has 1 atom stereocenters. The SMILES string of the molecule is CC(C)(C)[Si](C)(C)O[C@@H]1CCCN(c2ccnc(Br)c2)C1. The topological polar surface area (TPSA) is 25.4 Å². The summed E-state index contributed by atoms with van der Waals surface area (Å²) in [6, 6.07) is 4.17. The van der Waals surface area contributed by atoms with Crippen molar-refractivity contribution >= 4 is 29.9 Å². The van der Waals surface area contributed by atoms with Crippen molar-refractivity contribution < 1.29 is 4.43 Å². The first-order valence-corrected chi connectivity index (χ1v) is 11.4. The molecule has 0 bridgehead atoms. The largest absolute Gasteiger partial charge is 0.412 e. The molecule has 1 aliphatic rings. The van der Waals surface area contributed by atoms with Crippen LogP contribution in [0.25, 0.3) is 0 Å². The smallest absolute Gasteiger partial charge is 0.192 e.